The van der Waals surface area contributed by atoms with Gasteiger partial charge in [-0.3, -0.25) is 14.7 Å². The Morgan fingerprint density at radius 2 is 2.29 bits per heavy atom. The third-order valence-corrected chi connectivity index (χ3v) is 4.01. The zero-order valence-corrected chi connectivity index (χ0v) is 11.9. The highest BCUT2D eigenvalue weighted by atomic mass is 79.9. The summed E-state index contributed by atoms with van der Waals surface area (Å²) in [5.41, 5.74) is 0.693. The number of amidine groups is 1. The van der Waals surface area contributed by atoms with Crippen LogP contribution in [0.15, 0.2) is 33.7 Å². The van der Waals surface area contributed by atoms with Crippen molar-refractivity contribution in [3.63, 3.8) is 0 Å². The van der Waals surface area contributed by atoms with E-state index in [-0.39, 0.29) is 5.91 Å². The van der Waals surface area contributed by atoms with Crippen molar-refractivity contribution >= 4 is 38.8 Å². The standard InChI is InChI=1S/C12H13BrN2OS/c1-2-17-12-14-7-8-15(12)11(16)9-5-3-4-6-10(9)13/h3-6H,2,7-8H2,1H3. The first kappa shape index (κ1) is 12.6. The van der Waals surface area contributed by atoms with E-state index in [2.05, 4.69) is 27.8 Å². The Bertz CT molecular complexity index is 462. The highest BCUT2D eigenvalue weighted by Gasteiger charge is 2.25. The maximum absolute atomic E-state index is 12.4. The molecule has 5 heteroatoms. The van der Waals surface area contributed by atoms with Gasteiger partial charge in [-0.05, 0) is 33.8 Å². The number of hydrogen-bond acceptors (Lipinski definition) is 3. The van der Waals surface area contributed by atoms with Crippen LogP contribution in [0.2, 0.25) is 0 Å². The largest absolute Gasteiger partial charge is 0.286 e. The molecule has 0 bridgehead atoms. The smallest absolute Gasteiger partial charge is 0.261 e. The van der Waals surface area contributed by atoms with Crippen molar-refractivity contribution in [2.24, 2.45) is 4.99 Å². The number of thioether (sulfide) groups is 1. The molecule has 0 fully saturated rings. The number of hydrogen-bond donors (Lipinski definition) is 0. The number of amides is 1. The molecular weight excluding hydrogens is 300 g/mol. The minimum absolute atomic E-state index is 0.0228. The second-order valence-corrected chi connectivity index (χ2v) is 5.62. The Morgan fingerprint density at radius 3 is 3.00 bits per heavy atom. The lowest BCUT2D eigenvalue weighted by Gasteiger charge is -2.18. The summed E-state index contributed by atoms with van der Waals surface area (Å²) < 4.78 is 0.831. The van der Waals surface area contributed by atoms with Crippen LogP contribution in [0.5, 0.6) is 0 Å². The van der Waals surface area contributed by atoms with Gasteiger partial charge in [-0.15, -0.1) is 0 Å². The van der Waals surface area contributed by atoms with Gasteiger partial charge in [-0.25, -0.2) is 0 Å². The molecule has 1 aromatic carbocycles. The number of rotatable bonds is 2. The van der Waals surface area contributed by atoms with Gasteiger partial charge in [0.05, 0.1) is 12.1 Å². The minimum Gasteiger partial charge on any atom is -0.286 e. The second-order valence-electron chi connectivity index (χ2n) is 3.53. The summed E-state index contributed by atoms with van der Waals surface area (Å²) >= 11 is 5.02. The molecular formula is C12H13BrN2OS. The molecule has 90 valence electrons. The van der Waals surface area contributed by atoms with Gasteiger partial charge in [-0.2, -0.15) is 0 Å². The molecule has 3 nitrogen and oxygen atoms in total. The van der Waals surface area contributed by atoms with Crippen LogP contribution in [0, 0.1) is 0 Å². The SMILES string of the molecule is CCSC1=NCCN1C(=O)c1ccccc1Br. The van der Waals surface area contributed by atoms with E-state index in [1.807, 2.05) is 24.3 Å². The zero-order chi connectivity index (χ0) is 12.3. The summed E-state index contributed by atoms with van der Waals surface area (Å²) in [5, 5.41) is 0.841. The van der Waals surface area contributed by atoms with Gasteiger partial charge in [0.25, 0.3) is 5.91 Å². The van der Waals surface area contributed by atoms with Gasteiger partial charge in [0.1, 0.15) is 0 Å². The lowest BCUT2D eigenvalue weighted by atomic mass is 10.2. The van der Waals surface area contributed by atoms with Crippen molar-refractivity contribution in [3.05, 3.63) is 34.3 Å². The van der Waals surface area contributed by atoms with E-state index in [0.717, 1.165) is 15.4 Å². The second kappa shape index (κ2) is 5.69. The van der Waals surface area contributed by atoms with Crippen molar-refractivity contribution in [1.82, 2.24) is 4.90 Å². The van der Waals surface area contributed by atoms with Crippen LogP contribution in [0.25, 0.3) is 0 Å². The maximum Gasteiger partial charge on any atom is 0.261 e. The average Bonchev–Trinajstić information content (AvgIpc) is 2.78. The van der Waals surface area contributed by atoms with E-state index < -0.39 is 0 Å². The van der Waals surface area contributed by atoms with E-state index in [4.69, 9.17) is 0 Å². The van der Waals surface area contributed by atoms with Crippen LogP contribution in [-0.2, 0) is 0 Å². The highest BCUT2D eigenvalue weighted by molar-refractivity contribution is 9.10. The summed E-state index contributed by atoms with van der Waals surface area (Å²) in [5.74, 6) is 0.952. The van der Waals surface area contributed by atoms with Gasteiger partial charge in [0.2, 0.25) is 0 Å². The quantitative estimate of drug-likeness (QED) is 0.841. The summed E-state index contributed by atoms with van der Waals surface area (Å²) in [4.78, 5) is 18.5. The fourth-order valence-electron chi connectivity index (χ4n) is 1.65. The van der Waals surface area contributed by atoms with Crippen molar-refractivity contribution in [1.29, 1.82) is 0 Å². The zero-order valence-electron chi connectivity index (χ0n) is 9.52. The fourth-order valence-corrected chi connectivity index (χ4v) is 2.87. The van der Waals surface area contributed by atoms with Crippen LogP contribution in [0.1, 0.15) is 17.3 Å². The first-order valence-electron chi connectivity index (χ1n) is 5.47. The van der Waals surface area contributed by atoms with E-state index in [1.54, 1.807) is 16.7 Å². The van der Waals surface area contributed by atoms with E-state index >= 15 is 0 Å². The average molecular weight is 313 g/mol. The Hall–Kier alpha value is -0.810. The number of nitrogens with zero attached hydrogens (tertiary/aromatic N) is 2. The van der Waals surface area contributed by atoms with Crippen LogP contribution in [-0.4, -0.2) is 34.8 Å². The summed E-state index contributed by atoms with van der Waals surface area (Å²) in [6.45, 7) is 3.45. The first-order valence-corrected chi connectivity index (χ1v) is 7.25. The van der Waals surface area contributed by atoms with Gasteiger partial charge < -0.3 is 0 Å². The Labute approximate surface area is 113 Å². The number of carbonyl (C=O) groups is 1. The monoisotopic (exact) mass is 312 g/mol. The molecule has 0 radical (unpaired) electrons. The third-order valence-electron chi connectivity index (χ3n) is 2.42. The Morgan fingerprint density at radius 1 is 1.53 bits per heavy atom. The Kier molecular flexibility index (Phi) is 4.23. The van der Waals surface area contributed by atoms with Crippen LogP contribution < -0.4 is 0 Å². The summed E-state index contributed by atoms with van der Waals surface area (Å²) in [7, 11) is 0. The van der Waals surface area contributed by atoms with Gasteiger partial charge >= 0.3 is 0 Å². The van der Waals surface area contributed by atoms with Crippen LogP contribution >= 0.6 is 27.7 Å². The Balaban J connectivity index is 2.21. The van der Waals surface area contributed by atoms with E-state index in [9.17, 15) is 4.79 Å². The number of halogens is 1. The number of benzene rings is 1. The molecule has 0 atom stereocenters. The molecule has 0 aromatic heterocycles. The van der Waals surface area contributed by atoms with E-state index in [0.29, 0.717) is 18.7 Å². The molecule has 0 N–H and O–H groups in total. The predicted molar refractivity (Wildman–Crippen MR) is 75.6 cm³/mol. The molecule has 1 aliphatic rings. The molecule has 0 spiro atoms. The summed E-state index contributed by atoms with van der Waals surface area (Å²) in [6.07, 6.45) is 0. The molecule has 17 heavy (non-hydrogen) atoms. The lowest BCUT2D eigenvalue weighted by molar-refractivity contribution is 0.0860. The molecule has 0 saturated carbocycles. The maximum atomic E-state index is 12.4. The highest BCUT2D eigenvalue weighted by Crippen LogP contribution is 2.22. The normalized spacial score (nSPS) is 14.9. The lowest BCUT2D eigenvalue weighted by Crippen LogP contribution is -2.33. The topological polar surface area (TPSA) is 32.7 Å². The number of aliphatic imine (C=N–C) groups is 1. The third kappa shape index (κ3) is 2.72. The molecule has 1 heterocycles. The fraction of sp³-hybridized carbons (Fsp3) is 0.333. The minimum atomic E-state index is 0.0228. The predicted octanol–water partition coefficient (Wildman–Crippen LogP) is 3.01. The molecule has 1 aromatic rings. The van der Waals surface area contributed by atoms with Crippen molar-refractivity contribution < 1.29 is 4.79 Å². The van der Waals surface area contributed by atoms with E-state index in [1.165, 1.54) is 0 Å². The van der Waals surface area contributed by atoms with Crippen molar-refractivity contribution in [2.75, 3.05) is 18.8 Å². The summed E-state index contributed by atoms with van der Waals surface area (Å²) in [6, 6.07) is 7.49. The molecule has 0 unspecified atom stereocenters. The van der Waals surface area contributed by atoms with Crippen molar-refractivity contribution in [3.8, 4) is 0 Å². The van der Waals surface area contributed by atoms with Crippen LogP contribution in [0.3, 0.4) is 0 Å². The van der Waals surface area contributed by atoms with Gasteiger partial charge in [0, 0.05) is 11.0 Å². The molecule has 2 rings (SSSR count). The molecule has 1 amide bonds. The van der Waals surface area contributed by atoms with Crippen molar-refractivity contribution in [2.45, 2.75) is 6.92 Å². The van der Waals surface area contributed by atoms with Crippen LogP contribution in [0.4, 0.5) is 0 Å². The van der Waals surface area contributed by atoms with Gasteiger partial charge in [-0.1, -0.05) is 30.8 Å². The first-order chi connectivity index (χ1) is 8.24. The molecule has 1 aliphatic heterocycles. The number of carbonyl (C=O) groups excluding carboxylic acids is 1. The molecule has 0 aliphatic carbocycles. The van der Waals surface area contributed by atoms with Gasteiger partial charge in [0.15, 0.2) is 5.17 Å². The molecule has 0 saturated heterocycles.